The molecule has 1 amide bonds. The summed E-state index contributed by atoms with van der Waals surface area (Å²) in [6, 6.07) is 9.04. The van der Waals surface area contributed by atoms with Crippen molar-refractivity contribution >= 4 is 52.9 Å². The second-order valence-corrected chi connectivity index (χ2v) is 6.00. The van der Waals surface area contributed by atoms with Gasteiger partial charge in [0.1, 0.15) is 0 Å². The molecule has 0 aliphatic heterocycles. The van der Waals surface area contributed by atoms with Crippen LogP contribution in [-0.4, -0.2) is 39.2 Å². The van der Waals surface area contributed by atoms with Crippen LogP contribution >= 0.6 is 35.3 Å². The molecule has 0 atom stereocenters. The number of thiophene rings is 1. The quantitative estimate of drug-likeness (QED) is 0.229. The second kappa shape index (κ2) is 11.6. The molecule has 26 heavy (non-hydrogen) atoms. The Bertz CT molecular complexity index is 723. The highest BCUT2D eigenvalue weighted by Gasteiger charge is 2.06. The van der Waals surface area contributed by atoms with Crippen molar-refractivity contribution in [1.29, 1.82) is 0 Å². The number of nitrogens with zero attached hydrogens (tertiary/aromatic N) is 1. The number of benzene rings is 1. The first kappa shape index (κ1) is 22.0. The molecule has 0 spiro atoms. The number of nitrogens with one attached hydrogen (secondary N) is 2. The van der Waals surface area contributed by atoms with E-state index in [-0.39, 0.29) is 29.9 Å². The van der Waals surface area contributed by atoms with Crippen molar-refractivity contribution in [3.8, 4) is 11.5 Å². The lowest BCUT2D eigenvalue weighted by molar-refractivity contribution is 0.0957. The number of methoxy groups -OCH3 is 2. The monoisotopic (exact) mass is 490 g/mol. The minimum Gasteiger partial charge on any atom is -0.493 e. The van der Waals surface area contributed by atoms with Crippen molar-refractivity contribution in [1.82, 2.24) is 5.32 Å². The molecule has 9 heteroatoms. The Labute approximate surface area is 174 Å². The Hall–Kier alpha value is -2.01. The van der Waals surface area contributed by atoms with Gasteiger partial charge in [-0.25, -0.2) is 0 Å². The predicted octanol–water partition coefficient (Wildman–Crippen LogP) is 2.93. The van der Waals surface area contributed by atoms with Crippen LogP contribution in [0.1, 0.15) is 16.1 Å². The lowest BCUT2D eigenvalue weighted by Gasteiger charge is -2.11. The Kier molecular flexibility index (Phi) is 9.81. The summed E-state index contributed by atoms with van der Waals surface area (Å²) in [5, 5.41) is 7.72. The lowest BCUT2D eigenvalue weighted by atomic mass is 10.3. The van der Waals surface area contributed by atoms with Crippen LogP contribution in [0.5, 0.6) is 11.5 Å². The van der Waals surface area contributed by atoms with E-state index in [1.807, 2.05) is 17.5 Å². The molecule has 0 aliphatic rings. The standard InChI is InChI=1S/C17H22N4O3S.HI/c1-23-13-7-6-12(11-14(13)24-2)21-17(18)20-9-4-8-19-16(22)15-5-3-10-25-15;/h3,5-7,10-11H,4,8-9H2,1-2H3,(H,19,22)(H3,18,20,21);1H. The first-order valence-corrected chi connectivity index (χ1v) is 8.62. The molecular weight excluding hydrogens is 467 g/mol. The van der Waals surface area contributed by atoms with E-state index >= 15 is 0 Å². The minimum atomic E-state index is -0.0598. The molecule has 0 bridgehead atoms. The summed E-state index contributed by atoms with van der Waals surface area (Å²) in [4.78, 5) is 16.7. The van der Waals surface area contributed by atoms with E-state index in [1.54, 1.807) is 32.4 Å². The molecule has 1 heterocycles. The molecule has 142 valence electrons. The van der Waals surface area contributed by atoms with Crippen molar-refractivity contribution in [3.05, 3.63) is 40.6 Å². The number of ether oxygens (including phenoxy) is 2. The van der Waals surface area contributed by atoms with Crippen LogP contribution in [0, 0.1) is 0 Å². The SMILES string of the molecule is COc1ccc(NC(N)=NCCCNC(=O)c2cccs2)cc1OC.I. The Morgan fingerprint density at radius 2 is 2.00 bits per heavy atom. The first-order valence-electron chi connectivity index (χ1n) is 7.74. The van der Waals surface area contributed by atoms with Gasteiger partial charge in [-0.05, 0) is 30.0 Å². The van der Waals surface area contributed by atoms with Crippen molar-refractivity contribution in [2.24, 2.45) is 10.7 Å². The van der Waals surface area contributed by atoms with Gasteiger partial charge in [-0.15, -0.1) is 35.3 Å². The van der Waals surface area contributed by atoms with E-state index < -0.39 is 0 Å². The fraction of sp³-hybridized carbons (Fsp3) is 0.294. The molecule has 4 N–H and O–H groups in total. The van der Waals surface area contributed by atoms with E-state index in [4.69, 9.17) is 15.2 Å². The molecule has 1 aromatic heterocycles. The maximum absolute atomic E-state index is 11.8. The summed E-state index contributed by atoms with van der Waals surface area (Å²) in [5.41, 5.74) is 6.62. The van der Waals surface area contributed by atoms with Crippen molar-refractivity contribution in [3.63, 3.8) is 0 Å². The first-order chi connectivity index (χ1) is 12.1. The summed E-state index contributed by atoms with van der Waals surface area (Å²) in [5.74, 6) is 1.49. The lowest BCUT2D eigenvalue weighted by Crippen LogP contribution is -2.25. The van der Waals surface area contributed by atoms with Gasteiger partial charge in [0, 0.05) is 24.8 Å². The van der Waals surface area contributed by atoms with Crippen molar-refractivity contribution in [2.45, 2.75) is 6.42 Å². The van der Waals surface area contributed by atoms with E-state index in [0.717, 1.165) is 5.69 Å². The molecular formula is C17H23IN4O3S. The zero-order chi connectivity index (χ0) is 18.1. The number of rotatable bonds is 8. The highest BCUT2D eigenvalue weighted by molar-refractivity contribution is 14.0. The third kappa shape index (κ3) is 6.71. The van der Waals surface area contributed by atoms with Gasteiger partial charge < -0.3 is 25.8 Å². The van der Waals surface area contributed by atoms with Gasteiger partial charge in [0.2, 0.25) is 0 Å². The van der Waals surface area contributed by atoms with Gasteiger partial charge in [-0.3, -0.25) is 9.79 Å². The molecule has 7 nitrogen and oxygen atoms in total. The van der Waals surface area contributed by atoms with Crippen LogP contribution in [0.25, 0.3) is 0 Å². The maximum Gasteiger partial charge on any atom is 0.261 e. The summed E-state index contributed by atoms with van der Waals surface area (Å²) in [7, 11) is 3.15. The minimum absolute atomic E-state index is 0. The average Bonchev–Trinajstić information content (AvgIpc) is 3.16. The Morgan fingerprint density at radius 3 is 2.65 bits per heavy atom. The number of anilines is 1. The molecule has 2 aromatic rings. The van der Waals surface area contributed by atoms with Gasteiger partial charge >= 0.3 is 0 Å². The van der Waals surface area contributed by atoms with Crippen LogP contribution in [0.4, 0.5) is 5.69 Å². The van der Waals surface area contributed by atoms with E-state index in [9.17, 15) is 4.79 Å². The highest BCUT2D eigenvalue weighted by atomic mass is 127. The number of halogens is 1. The number of hydrogen-bond acceptors (Lipinski definition) is 5. The summed E-state index contributed by atoms with van der Waals surface area (Å²) < 4.78 is 10.4. The van der Waals surface area contributed by atoms with Crippen molar-refractivity contribution < 1.29 is 14.3 Å². The number of hydrogen-bond donors (Lipinski definition) is 3. The van der Waals surface area contributed by atoms with Gasteiger partial charge in [-0.2, -0.15) is 0 Å². The van der Waals surface area contributed by atoms with E-state index in [2.05, 4.69) is 15.6 Å². The third-order valence-corrected chi connectivity index (χ3v) is 4.17. The molecule has 0 saturated heterocycles. The maximum atomic E-state index is 11.8. The van der Waals surface area contributed by atoms with Gasteiger partial charge in [0.15, 0.2) is 17.5 Å². The third-order valence-electron chi connectivity index (χ3n) is 3.30. The number of amides is 1. The molecule has 0 radical (unpaired) electrons. The number of carbonyl (C=O) groups is 1. The van der Waals surface area contributed by atoms with E-state index in [1.165, 1.54) is 11.3 Å². The van der Waals surface area contributed by atoms with Crippen LogP contribution in [0.3, 0.4) is 0 Å². The molecule has 0 aliphatic carbocycles. The van der Waals surface area contributed by atoms with Gasteiger partial charge in [0.05, 0.1) is 19.1 Å². The van der Waals surface area contributed by atoms with Crippen molar-refractivity contribution in [2.75, 3.05) is 32.6 Å². The zero-order valence-electron chi connectivity index (χ0n) is 14.7. The Balaban J connectivity index is 0.00000338. The largest absolute Gasteiger partial charge is 0.493 e. The van der Waals surface area contributed by atoms with Crippen LogP contribution < -0.4 is 25.8 Å². The number of carbonyl (C=O) groups excluding carboxylic acids is 1. The number of nitrogens with two attached hydrogens (primary N) is 1. The normalized spacial score (nSPS) is 10.6. The fourth-order valence-corrected chi connectivity index (χ4v) is 2.72. The zero-order valence-corrected chi connectivity index (χ0v) is 17.8. The predicted molar refractivity (Wildman–Crippen MR) is 116 cm³/mol. The molecule has 0 unspecified atom stereocenters. The summed E-state index contributed by atoms with van der Waals surface area (Å²) in [6.45, 7) is 1.06. The highest BCUT2D eigenvalue weighted by Crippen LogP contribution is 2.29. The fourth-order valence-electron chi connectivity index (χ4n) is 2.08. The second-order valence-electron chi connectivity index (χ2n) is 5.05. The van der Waals surface area contributed by atoms with E-state index in [0.29, 0.717) is 41.8 Å². The van der Waals surface area contributed by atoms with Crippen LogP contribution in [0.2, 0.25) is 0 Å². The summed E-state index contributed by atoms with van der Waals surface area (Å²) in [6.07, 6.45) is 0.700. The average molecular weight is 490 g/mol. The molecule has 0 fully saturated rings. The molecule has 2 rings (SSSR count). The van der Waals surface area contributed by atoms with Gasteiger partial charge in [0.25, 0.3) is 5.91 Å². The topological polar surface area (TPSA) is 98.0 Å². The Morgan fingerprint density at radius 1 is 1.23 bits per heavy atom. The molecule has 1 aromatic carbocycles. The van der Waals surface area contributed by atoms with Crippen LogP contribution in [-0.2, 0) is 0 Å². The molecule has 0 saturated carbocycles. The van der Waals surface area contributed by atoms with Gasteiger partial charge in [-0.1, -0.05) is 6.07 Å². The van der Waals surface area contributed by atoms with Crippen LogP contribution in [0.15, 0.2) is 40.7 Å². The number of aliphatic imine (C=N–C) groups is 1. The summed E-state index contributed by atoms with van der Waals surface area (Å²) >= 11 is 1.42. The smallest absolute Gasteiger partial charge is 0.261 e. The number of guanidine groups is 1.